The Labute approximate surface area is 83.8 Å². The summed E-state index contributed by atoms with van der Waals surface area (Å²) in [5, 5.41) is 0. The Morgan fingerprint density at radius 1 is 1.36 bits per heavy atom. The van der Waals surface area contributed by atoms with Crippen molar-refractivity contribution in [3.05, 3.63) is 42.6 Å². The number of hydrogen-bond acceptors (Lipinski definition) is 1. The first-order chi connectivity index (χ1) is 6.70. The predicted molar refractivity (Wildman–Crippen MR) is 56.8 cm³/mol. The maximum absolute atomic E-state index is 11.8. The van der Waals surface area contributed by atoms with Crippen LogP contribution in [0.3, 0.4) is 0 Å². The van der Waals surface area contributed by atoms with E-state index in [4.69, 9.17) is 0 Å². The number of anilines is 1. The number of benzene rings is 1. The Morgan fingerprint density at radius 2 is 2.00 bits per heavy atom. The molecule has 0 radical (unpaired) electrons. The minimum Gasteiger partial charge on any atom is -0.285 e. The molecule has 72 valence electrons. The van der Waals surface area contributed by atoms with Gasteiger partial charge in [0.1, 0.15) is 0 Å². The van der Waals surface area contributed by atoms with Gasteiger partial charge in [-0.15, -0.1) is 0 Å². The summed E-state index contributed by atoms with van der Waals surface area (Å²) in [5.41, 5.74) is 1.82. The van der Waals surface area contributed by atoms with E-state index < -0.39 is 0 Å². The summed E-state index contributed by atoms with van der Waals surface area (Å²) in [6.07, 6.45) is 0.772. The van der Waals surface area contributed by atoms with Gasteiger partial charge in [-0.2, -0.15) is 0 Å². The lowest BCUT2D eigenvalue weighted by Crippen LogP contribution is -2.24. The van der Waals surface area contributed by atoms with Crippen LogP contribution in [0, 0.1) is 5.92 Å². The van der Waals surface area contributed by atoms with Crippen molar-refractivity contribution in [1.82, 2.24) is 0 Å². The summed E-state index contributed by atoms with van der Waals surface area (Å²) in [4.78, 5) is 13.5. The average Bonchev–Trinajstić information content (AvgIpc) is 2.43. The topological polar surface area (TPSA) is 20.3 Å². The lowest BCUT2D eigenvalue weighted by molar-refractivity contribution is -0.119. The molecule has 0 spiro atoms. The van der Waals surface area contributed by atoms with Crippen molar-refractivity contribution in [2.24, 2.45) is 5.92 Å². The third kappa shape index (κ3) is 1.33. The fourth-order valence-corrected chi connectivity index (χ4v) is 1.80. The van der Waals surface area contributed by atoms with Crippen LogP contribution >= 0.6 is 0 Å². The van der Waals surface area contributed by atoms with Gasteiger partial charge in [0.2, 0.25) is 5.91 Å². The van der Waals surface area contributed by atoms with Crippen LogP contribution in [0.5, 0.6) is 0 Å². The number of hydrogen-bond donors (Lipinski definition) is 0. The smallest absolute Gasteiger partial charge is 0.234 e. The minimum atomic E-state index is 0.0720. The van der Waals surface area contributed by atoms with Gasteiger partial charge in [0, 0.05) is 17.3 Å². The maximum atomic E-state index is 11.8. The number of allylic oxidation sites excluding steroid dienone is 1. The van der Waals surface area contributed by atoms with Gasteiger partial charge in [0.25, 0.3) is 0 Å². The summed E-state index contributed by atoms with van der Waals surface area (Å²) >= 11 is 0. The molecule has 1 atom stereocenters. The third-order valence-electron chi connectivity index (χ3n) is 2.51. The van der Waals surface area contributed by atoms with E-state index in [1.54, 1.807) is 4.90 Å². The van der Waals surface area contributed by atoms with Crippen molar-refractivity contribution in [3.63, 3.8) is 0 Å². The summed E-state index contributed by atoms with van der Waals surface area (Å²) in [5.74, 6) is 0.226. The van der Waals surface area contributed by atoms with Gasteiger partial charge in [-0.05, 0) is 18.6 Å². The third-order valence-corrected chi connectivity index (χ3v) is 2.51. The lowest BCUT2D eigenvalue weighted by atomic mass is 10.1. The Balaban J connectivity index is 2.36. The van der Waals surface area contributed by atoms with Crippen molar-refractivity contribution in [2.45, 2.75) is 13.3 Å². The molecule has 1 aliphatic heterocycles. The molecule has 1 aromatic carbocycles. The molecular weight excluding hydrogens is 174 g/mol. The van der Waals surface area contributed by atoms with Crippen LogP contribution in [0.4, 0.5) is 5.69 Å². The van der Waals surface area contributed by atoms with Gasteiger partial charge < -0.3 is 0 Å². The fourth-order valence-electron chi connectivity index (χ4n) is 1.80. The van der Waals surface area contributed by atoms with Crippen LogP contribution < -0.4 is 4.90 Å². The molecule has 0 N–H and O–H groups in total. The van der Waals surface area contributed by atoms with Crippen LogP contribution in [0.15, 0.2) is 42.6 Å². The van der Waals surface area contributed by atoms with Crippen LogP contribution in [0.25, 0.3) is 0 Å². The number of carbonyl (C=O) groups excluding carboxylic acids is 1. The molecule has 1 fully saturated rings. The Hall–Kier alpha value is -1.57. The van der Waals surface area contributed by atoms with E-state index in [0.29, 0.717) is 0 Å². The summed E-state index contributed by atoms with van der Waals surface area (Å²) in [6, 6.07) is 9.66. The van der Waals surface area contributed by atoms with E-state index in [1.165, 1.54) is 0 Å². The molecule has 1 amide bonds. The molecule has 1 heterocycles. The molecular formula is C12H13NO. The molecule has 14 heavy (non-hydrogen) atoms. The van der Waals surface area contributed by atoms with Gasteiger partial charge in [0.05, 0.1) is 0 Å². The van der Waals surface area contributed by atoms with Gasteiger partial charge in [-0.25, -0.2) is 0 Å². The maximum Gasteiger partial charge on any atom is 0.234 e. The van der Waals surface area contributed by atoms with Crippen LogP contribution in [0.1, 0.15) is 13.3 Å². The highest BCUT2D eigenvalue weighted by molar-refractivity contribution is 6.00. The number of nitrogens with zero attached hydrogens (tertiary/aromatic N) is 1. The summed E-state index contributed by atoms with van der Waals surface area (Å²) in [7, 11) is 0. The fraction of sp³-hybridized carbons (Fsp3) is 0.250. The number of carbonyl (C=O) groups is 1. The molecule has 1 aromatic rings. The van der Waals surface area contributed by atoms with E-state index >= 15 is 0 Å². The molecule has 2 rings (SSSR count). The van der Waals surface area contributed by atoms with Gasteiger partial charge in [0.15, 0.2) is 0 Å². The van der Waals surface area contributed by atoms with E-state index in [0.717, 1.165) is 17.8 Å². The zero-order valence-corrected chi connectivity index (χ0v) is 8.23. The van der Waals surface area contributed by atoms with Crippen molar-refractivity contribution in [2.75, 3.05) is 4.90 Å². The SMILES string of the molecule is C=C1CC(C)C(=O)N1c1ccccc1. The quantitative estimate of drug-likeness (QED) is 0.661. The highest BCUT2D eigenvalue weighted by Gasteiger charge is 2.31. The van der Waals surface area contributed by atoms with Crippen molar-refractivity contribution >= 4 is 11.6 Å². The van der Waals surface area contributed by atoms with E-state index in [-0.39, 0.29) is 11.8 Å². The Morgan fingerprint density at radius 3 is 2.50 bits per heavy atom. The first kappa shape index (κ1) is 9.00. The highest BCUT2D eigenvalue weighted by atomic mass is 16.2. The van der Waals surface area contributed by atoms with E-state index in [1.807, 2.05) is 37.3 Å². The van der Waals surface area contributed by atoms with Gasteiger partial charge >= 0.3 is 0 Å². The molecule has 1 saturated heterocycles. The first-order valence-electron chi connectivity index (χ1n) is 4.77. The second kappa shape index (κ2) is 3.29. The molecule has 2 nitrogen and oxygen atoms in total. The monoisotopic (exact) mass is 187 g/mol. The number of para-hydroxylation sites is 1. The molecule has 2 heteroatoms. The molecule has 1 unspecified atom stereocenters. The predicted octanol–water partition coefficient (Wildman–Crippen LogP) is 2.57. The van der Waals surface area contributed by atoms with Crippen molar-refractivity contribution in [1.29, 1.82) is 0 Å². The lowest BCUT2D eigenvalue weighted by Gasteiger charge is -2.17. The van der Waals surface area contributed by atoms with Crippen LogP contribution in [-0.2, 0) is 4.79 Å². The largest absolute Gasteiger partial charge is 0.285 e. The summed E-state index contributed by atoms with van der Waals surface area (Å²) in [6.45, 7) is 5.86. The normalized spacial score (nSPS) is 21.8. The molecule has 0 bridgehead atoms. The Bertz CT molecular complexity index is 369. The van der Waals surface area contributed by atoms with E-state index in [2.05, 4.69) is 6.58 Å². The standard InChI is InChI=1S/C12H13NO/c1-9-8-10(2)13(12(9)14)11-6-4-3-5-7-11/h3-7,9H,2,8H2,1H3. The first-order valence-corrected chi connectivity index (χ1v) is 4.77. The molecule has 0 aliphatic carbocycles. The van der Waals surface area contributed by atoms with Crippen LogP contribution in [-0.4, -0.2) is 5.91 Å². The highest BCUT2D eigenvalue weighted by Crippen LogP contribution is 2.31. The van der Waals surface area contributed by atoms with Crippen molar-refractivity contribution in [3.8, 4) is 0 Å². The zero-order valence-electron chi connectivity index (χ0n) is 8.23. The van der Waals surface area contributed by atoms with Crippen LogP contribution in [0.2, 0.25) is 0 Å². The molecule has 0 aromatic heterocycles. The van der Waals surface area contributed by atoms with E-state index in [9.17, 15) is 4.79 Å². The van der Waals surface area contributed by atoms with Crippen molar-refractivity contribution < 1.29 is 4.79 Å². The molecule has 0 saturated carbocycles. The number of amides is 1. The number of rotatable bonds is 1. The minimum absolute atomic E-state index is 0.0720. The second-order valence-corrected chi connectivity index (χ2v) is 3.68. The summed E-state index contributed by atoms with van der Waals surface area (Å²) < 4.78 is 0. The Kier molecular flexibility index (Phi) is 2.12. The zero-order chi connectivity index (χ0) is 10.1. The van der Waals surface area contributed by atoms with Gasteiger partial charge in [-0.3, -0.25) is 9.69 Å². The molecule has 1 aliphatic rings. The van der Waals surface area contributed by atoms with Gasteiger partial charge in [-0.1, -0.05) is 31.7 Å². The average molecular weight is 187 g/mol. The second-order valence-electron chi connectivity index (χ2n) is 3.68.